The molecule has 2 aliphatic heterocycles. The van der Waals surface area contributed by atoms with Gasteiger partial charge in [-0.1, -0.05) is 23.6 Å². The molecule has 176 valence electrons. The molecule has 1 unspecified atom stereocenters. The third kappa shape index (κ3) is 3.88. The maximum atomic E-state index is 13.4. The average molecular weight is 484 g/mol. The Bertz CT molecular complexity index is 1420. The van der Waals surface area contributed by atoms with Gasteiger partial charge < -0.3 is 10.2 Å². The SMILES string of the molecule is CC#Cc1cncc(-c2csc([C@]34CN(C(=O)c5cccc(C)c5)CC3C(=O)N(C)C(=N)N4)c2)c1. The zero-order chi connectivity index (χ0) is 24.7. The topological polar surface area (TPSA) is 89.4 Å². The van der Waals surface area contributed by atoms with Crippen molar-refractivity contribution in [3.63, 3.8) is 0 Å². The molecular weight excluding hydrogens is 458 g/mol. The van der Waals surface area contributed by atoms with Gasteiger partial charge in [0.05, 0.1) is 5.92 Å². The summed E-state index contributed by atoms with van der Waals surface area (Å²) in [6, 6.07) is 11.5. The predicted molar refractivity (Wildman–Crippen MR) is 136 cm³/mol. The molecule has 2 fully saturated rings. The minimum absolute atomic E-state index is 0.0351. The molecule has 35 heavy (non-hydrogen) atoms. The van der Waals surface area contributed by atoms with Crippen molar-refractivity contribution in [3.8, 4) is 23.0 Å². The summed E-state index contributed by atoms with van der Waals surface area (Å²) in [6.45, 7) is 4.32. The largest absolute Gasteiger partial charge is 0.343 e. The Kier molecular flexibility index (Phi) is 5.65. The zero-order valence-electron chi connectivity index (χ0n) is 19.8. The molecule has 8 heteroatoms. The molecule has 0 spiro atoms. The first-order chi connectivity index (χ1) is 16.8. The van der Waals surface area contributed by atoms with E-state index in [0.29, 0.717) is 12.1 Å². The third-order valence-corrected chi connectivity index (χ3v) is 7.78. The van der Waals surface area contributed by atoms with E-state index in [4.69, 9.17) is 5.41 Å². The summed E-state index contributed by atoms with van der Waals surface area (Å²) < 4.78 is 0. The van der Waals surface area contributed by atoms with E-state index in [2.05, 4.69) is 22.1 Å². The highest BCUT2D eigenvalue weighted by molar-refractivity contribution is 7.10. The van der Waals surface area contributed by atoms with E-state index in [1.807, 2.05) is 42.6 Å². The monoisotopic (exact) mass is 483 g/mol. The van der Waals surface area contributed by atoms with Crippen molar-refractivity contribution in [1.82, 2.24) is 20.1 Å². The van der Waals surface area contributed by atoms with Crippen LogP contribution in [0.25, 0.3) is 11.1 Å². The number of likely N-dealkylation sites (tertiary alicyclic amines) is 1. The molecule has 0 radical (unpaired) electrons. The summed E-state index contributed by atoms with van der Waals surface area (Å²) in [4.78, 5) is 35.0. The van der Waals surface area contributed by atoms with Gasteiger partial charge in [-0.2, -0.15) is 0 Å². The van der Waals surface area contributed by atoms with Gasteiger partial charge in [0.1, 0.15) is 5.54 Å². The van der Waals surface area contributed by atoms with Crippen LogP contribution in [0.3, 0.4) is 0 Å². The van der Waals surface area contributed by atoms with Crippen LogP contribution < -0.4 is 5.32 Å². The molecule has 2 atom stereocenters. The number of nitrogens with one attached hydrogen (secondary N) is 2. The highest BCUT2D eigenvalue weighted by atomic mass is 32.1. The van der Waals surface area contributed by atoms with Gasteiger partial charge in [-0.3, -0.25) is 24.9 Å². The third-order valence-electron chi connectivity index (χ3n) is 6.68. The number of fused-ring (bicyclic) bond motifs is 1. The lowest BCUT2D eigenvalue weighted by molar-refractivity contribution is -0.134. The van der Waals surface area contributed by atoms with Gasteiger partial charge in [0, 0.05) is 54.1 Å². The normalized spacial score (nSPS) is 21.3. The van der Waals surface area contributed by atoms with Crippen LogP contribution in [0, 0.1) is 30.1 Å². The Morgan fingerprint density at radius 1 is 1.26 bits per heavy atom. The van der Waals surface area contributed by atoms with Crippen molar-refractivity contribution in [2.75, 3.05) is 20.1 Å². The molecule has 5 rings (SSSR count). The number of benzene rings is 1. The summed E-state index contributed by atoms with van der Waals surface area (Å²) in [5.41, 5.74) is 3.47. The summed E-state index contributed by atoms with van der Waals surface area (Å²) in [7, 11) is 1.60. The van der Waals surface area contributed by atoms with Gasteiger partial charge in [-0.25, -0.2) is 0 Å². The first-order valence-corrected chi connectivity index (χ1v) is 12.2. The fourth-order valence-electron chi connectivity index (χ4n) is 4.87. The van der Waals surface area contributed by atoms with Crippen LogP contribution in [-0.4, -0.2) is 52.7 Å². The van der Waals surface area contributed by atoms with Crippen molar-refractivity contribution in [2.24, 2.45) is 5.92 Å². The second-order valence-corrected chi connectivity index (χ2v) is 9.90. The number of amides is 2. The number of aromatic nitrogens is 1. The first kappa shape index (κ1) is 22.8. The van der Waals surface area contributed by atoms with Crippen LogP contribution in [0.1, 0.15) is 33.3 Å². The molecule has 0 saturated carbocycles. The molecule has 2 amide bonds. The van der Waals surface area contributed by atoms with Crippen molar-refractivity contribution in [2.45, 2.75) is 19.4 Å². The Morgan fingerprint density at radius 2 is 2.09 bits per heavy atom. The lowest BCUT2D eigenvalue weighted by atomic mass is 9.82. The maximum absolute atomic E-state index is 13.4. The molecule has 7 nitrogen and oxygen atoms in total. The highest BCUT2D eigenvalue weighted by Gasteiger charge is 2.57. The summed E-state index contributed by atoms with van der Waals surface area (Å²) >= 11 is 1.52. The number of pyridine rings is 1. The number of nitrogens with zero attached hydrogens (tertiary/aromatic N) is 3. The maximum Gasteiger partial charge on any atom is 0.253 e. The predicted octanol–water partition coefficient (Wildman–Crippen LogP) is 3.45. The minimum atomic E-state index is -0.864. The van der Waals surface area contributed by atoms with E-state index in [1.54, 1.807) is 37.3 Å². The van der Waals surface area contributed by atoms with Gasteiger partial charge in [0.25, 0.3) is 5.91 Å². The van der Waals surface area contributed by atoms with Gasteiger partial charge in [-0.15, -0.1) is 17.3 Å². The number of thiophene rings is 1. The standard InChI is InChI=1S/C27H25N5O2S/c1-4-6-18-10-20(13-29-12-18)21-11-23(35-15-21)27-16-32(24(33)19-8-5-7-17(2)9-19)14-22(27)25(34)31(3)26(28)30-27/h5,7-13,15,22H,14,16H2,1-3H3,(H2,28,30)/t22?,27-/m0/s1. The first-order valence-electron chi connectivity index (χ1n) is 11.3. The van der Waals surface area contributed by atoms with Crippen molar-refractivity contribution >= 4 is 29.1 Å². The number of rotatable bonds is 3. The highest BCUT2D eigenvalue weighted by Crippen LogP contribution is 2.44. The van der Waals surface area contributed by atoms with Gasteiger partial charge in [-0.05, 0) is 49.1 Å². The number of carbonyl (C=O) groups excluding carboxylic acids is 2. The van der Waals surface area contributed by atoms with E-state index in [0.717, 1.165) is 27.1 Å². The second-order valence-electron chi connectivity index (χ2n) is 8.99. The molecule has 3 aromatic rings. The van der Waals surface area contributed by atoms with E-state index >= 15 is 0 Å². The molecule has 4 heterocycles. The number of carbonyl (C=O) groups is 2. The molecule has 2 saturated heterocycles. The molecule has 0 aliphatic carbocycles. The molecule has 2 aliphatic rings. The fourth-order valence-corrected chi connectivity index (χ4v) is 5.99. The molecular formula is C27H25N5O2S. The van der Waals surface area contributed by atoms with Crippen LogP contribution in [-0.2, 0) is 10.3 Å². The molecule has 0 bridgehead atoms. The van der Waals surface area contributed by atoms with E-state index in [1.165, 1.54) is 16.2 Å². The minimum Gasteiger partial charge on any atom is -0.343 e. The molecule has 2 N–H and O–H groups in total. The molecule has 1 aromatic carbocycles. The number of hydrogen-bond donors (Lipinski definition) is 2. The van der Waals surface area contributed by atoms with Crippen LogP contribution in [0.2, 0.25) is 0 Å². The fraction of sp³-hybridized carbons (Fsp3) is 0.259. The van der Waals surface area contributed by atoms with Crippen LogP contribution in [0.5, 0.6) is 0 Å². The zero-order valence-corrected chi connectivity index (χ0v) is 20.6. The van der Waals surface area contributed by atoms with Crippen molar-refractivity contribution in [3.05, 3.63) is 75.7 Å². The summed E-state index contributed by atoms with van der Waals surface area (Å²) in [5, 5.41) is 13.8. The van der Waals surface area contributed by atoms with Gasteiger partial charge in [0.2, 0.25) is 5.91 Å². The Hall–Kier alpha value is -3.96. The lowest BCUT2D eigenvalue weighted by Crippen LogP contribution is -2.64. The number of aryl methyl sites for hydroxylation is 1. The smallest absolute Gasteiger partial charge is 0.253 e. The van der Waals surface area contributed by atoms with Crippen molar-refractivity contribution in [1.29, 1.82) is 5.41 Å². The Balaban J connectivity index is 1.54. The van der Waals surface area contributed by atoms with Crippen molar-refractivity contribution < 1.29 is 9.59 Å². The van der Waals surface area contributed by atoms with Gasteiger partial charge >= 0.3 is 0 Å². The Morgan fingerprint density at radius 3 is 2.86 bits per heavy atom. The average Bonchev–Trinajstić information content (AvgIpc) is 3.49. The second kappa shape index (κ2) is 8.67. The van der Waals surface area contributed by atoms with E-state index in [-0.39, 0.29) is 24.3 Å². The Labute approximate surface area is 208 Å². The molecule has 2 aromatic heterocycles. The van der Waals surface area contributed by atoms with Crippen LogP contribution in [0.4, 0.5) is 0 Å². The van der Waals surface area contributed by atoms with Crippen LogP contribution in [0.15, 0.2) is 54.2 Å². The van der Waals surface area contributed by atoms with E-state index in [9.17, 15) is 9.59 Å². The number of guanidine groups is 1. The lowest BCUT2D eigenvalue weighted by Gasteiger charge is -2.42. The van der Waals surface area contributed by atoms with E-state index < -0.39 is 11.5 Å². The van der Waals surface area contributed by atoms with Crippen LogP contribution >= 0.6 is 11.3 Å². The summed E-state index contributed by atoms with van der Waals surface area (Å²) in [6.07, 6.45) is 3.52. The quantitative estimate of drug-likeness (QED) is 0.559. The number of hydrogen-bond acceptors (Lipinski definition) is 5. The van der Waals surface area contributed by atoms with Gasteiger partial charge in [0.15, 0.2) is 5.96 Å². The summed E-state index contributed by atoms with van der Waals surface area (Å²) in [5.74, 6) is 5.19.